The molecule has 0 bridgehead atoms. The number of carbonyl (C=O) groups excluding carboxylic acids is 1. The van der Waals surface area contributed by atoms with Gasteiger partial charge in [-0.3, -0.25) is 15.1 Å². The number of amides is 1. The average molecular weight is 256 g/mol. The molecule has 2 unspecified atom stereocenters. The third-order valence-electron chi connectivity index (χ3n) is 3.07. The van der Waals surface area contributed by atoms with Crippen molar-refractivity contribution in [2.45, 2.75) is 25.9 Å². The van der Waals surface area contributed by atoms with Crippen molar-refractivity contribution in [3.8, 4) is 0 Å². The first-order valence-corrected chi connectivity index (χ1v) is 5.83. The van der Waals surface area contributed by atoms with Crippen LogP contribution in [0.25, 0.3) is 0 Å². The molecule has 3 N–H and O–H groups in total. The summed E-state index contributed by atoms with van der Waals surface area (Å²) in [4.78, 5) is 13.4. The van der Waals surface area contributed by atoms with Gasteiger partial charge in [-0.2, -0.15) is 0 Å². The summed E-state index contributed by atoms with van der Waals surface area (Å²) in [6.45, 7) is 3.83. The molecule has 0 aliphatic carbocycles. The van der Waals surface area contributed by atoms with Gasteiger partial charge in [0.2, 0.25) is 0 Å². The fraction of sp³-hybridized carbons (Fsp3) is 0.417. The van der Waals surface area contributed by atoms with Gasteiger partial charge in [-0.1, -0.05) is 23.7 Å². The molecule has 1 aromatic carbocycles. The van der Waals surface area contributed by atoms with E-state index in [0.717, 1.165) is 5.56 Å². The van der Waals surface area contributed by atoms with E-state index in [1.807, 2.05) is 50.1 Å². The van der Waals surface area contributed by atoms with Crippen LogP contribution in [0.2, 0.25) is 5.02 Å². The highest BCUT2D eigenvalue weighted by Crippen LogP contribution is 2.23. The summed E-state index contributed by atoms with van der Waals surface area (Å²) in [5, 5.41) is 0.693. The van der Waals surface area contributed by atoms with Crippen molar-refractivity contribution in [3.63, 3.8) is 0 Å². The molecule has 0 saturated heterocycles. The summed E-state index contributed by atoms with van der Waals surface area (Å²) in [5.41, 5.74) is 3.22. The Morgan fingerprint density at radius 1 is 1.47 bits per heavy atom. The van der Waals surface area contributed by atoms with Crippen molar-refractivity contribution in [1.82, 2.24) is 10.3 Å². The Kier molecular flexibility index (Phi) is 4.93. The molecular formula is C12H18ClN3O. The quantitative estimate of drug-likeness (QED) is 0.489. The molecule has 5 heteroatoms. The lowest BCUT2D eigenvalue weighted by Gasteiger charge is -2.29. The minimum absolute atomic E-state index is 0.0843. The Balaban J connectivity index is 2.82. The molecule has 1 amide bonds. The first kappa shape index (κ1) is 14.0. The molecule has 0 aliphatic rings. The molecule has 94 valence electrons. The molecule has 0 saturated carbocycles. The number of likely N-dealkylation sites (N-methyl/N-ethyl adjacent to an activating group) is 1. The molecule has 4 nitrogen and oxygen atoms in total. The van der Waals surface area contributed by atoms with E-state index >= 15 is 0 Å². The highest BCUT2D eigenvalue weighted by atomic mass is 35.5. The van der Waals surface area contributed by atoms with Crippen LogP contribution in [-0.4, -0.2) is 23.9 Å². The third kappa shape index (κ3) is 3.43. The van der Waals surface area contributed by atoms with Gasteiger partial charge in [0.1, 0.15) is 0 Å². The van der Waals surface area contributed by atoms with Crippen LogP contribution in [0.4, 0.5) is 0 Å². The number of benzene rings is 1. The van der Waals surface area contributed by atoms with Crippen LogP contribution < -0.4 is 11.3 Å². The zero-order valence-corrected chi connectivity index (χ0v) is 11.0. The number of hydrogen-bond donors (Lipinski definition) is 2. The number of carbonyl (C=O) groups is 1. The van der Waals surface area contributed by atoms with E-state index in [-0.39, 0.29) is 18.0 Å². The van der Waals surface area contributed by atoms with Crippen LogP contribution in [0.5, 0.6) is 0 Å². The standard InChI is InChI=1S/C12H18ClN3O/c1-8(10-5-4-6-11(13)7-10)16(3)9(2)12(17)15-14/h4-9H,14H2,1-3H3,(H,15,17). The second-order valence-electron chi connectivity index (χ2n) is 4.08. The minimum atomic E-state index is -0.297. The monoisotopic (exact) mass is 255 g/mol. The van der Waals surface area contributed by atoms with Crippen molar-refractivity contribution in [1.29, 1.82) is 0 Å². The number of hydrogen-bond acceptors (Lipinski definition) is 3. The van der Waals surface area contributed by atoms with Crippen LogP contribution in [0.15, 0.2) is 24.3 Å². The molecule has 0 aromatic heterocycles. The lowest BCUT2D eigenvalue weighted by molar-refractivity contribution is -0.126. The van der Waals surface area contributed by atoms with Crippen LogP contribution in [0.3, 0.4) is 0 Å². The molecular weight excluding hydrogens is 238 g/mol. The highest BCUT2D eigenvalue weighted by molar-refractivity contribution is 6.30. The fourth-order valence-electron chi connectivity index (χ4n) is 1.64. The first-order valence-electron chi connectivity index (χ1n) is 5.45. The largest absolute Gasteiger partial charge is 0.293 e. The van der Waals surface area contributed by atoms with Crippen LogP contribution in [0, 0.1) is 0 Å². The smallest absolute Gasteiger partial charge is 0.250 e. The zero-order chi connectivity index (χ0) is 13.0. The van der Waals surface area contributed by atoms with Crippen LogP contribution in [-0.2, 0) is 4.79 Å². The molecule has 1 aromatic rings. The Hall–Kier alpha value is -1.10. The van der Waals surface area contributed by atoms with Crippen molar-refractivity contribution >= 4 is 17.5 Å². The van der Waals surface area contributed by atoms with Crippen molar-refractivity contribution in [2.24, 2.45) is 5.84 Å². The van der Waals surface area contributed by atoms with Crippen molar-refractivity contribution in [3.05, 3.63) is 34.9 Å². The minimum Gasteiger partial charge on any atom is -0.293 e. The summed E-state index contributed by atoms with van der Waals surface area (Å²) < 4.78 is 0. The molecule has 0 fully saturated rings. The number of nitrogens with two attached hydrogens (primary N) is 1. The van der Waals surface area contributed by atoms with E-state index in [1.165, 1.54) is 0 Å². The Morgan fingerprint density at radius 2 is 2.12 bits per heavy atom. The van der Waals surface area contributed by atoms with E-state index in [0.29, 0.717) is 5.02 Å². The van der Waals surface area contributed by atoms with Crippen LogP contribution >= 0.6 is 11.6 Å². The number of hydrazine groups is 1. The summed E-state index contributed by atoms with van der Waals surface area (Å²) in [7, 11) is 1.88. The van der Waals surface area contributed by atoms with Gasteiger partial charge in [0.25, 0.3) is 5.91 Å². The van der Waals surface area contributed by atoms with Gasteiger partial charge in [-0.25, -0.2) is 5.84 Å². The van der Waals surface area contributed by atoms with E-state index in [2.05, 4.69) is 5.43 Å². The second-order valence-corrected chi connectivity index (χ2v) is 4.52. The lowest BCUT2D eigenvalue weighted by atomic mass is 10.1. The van der Waals surface area contributed by atoms with E-state index in [1.54, 1.807) is 0 Å². The normalized spacial score (nSPS) is 14.5. The third-order valence-corrected chi connectivity index (χ3v) is 3.31. The molecule has 0 spiro atoms. The summed E-state index contributed by atoms with van der Waals surface area (Å²) >= 11 is 5.95. The Bertz CT molecular complexity index is 397. The maximum absolute atomic E-state index is 11.5. The topological polar surface area (TPSA) is 58.4 Å². The zero-order valence-electron chi connectivity index (χ0n) is 10.3. The Morgan fingerprint density at radius 3 is 2.65 bits per heavy atom. The molecule has 0 aliphatic heterocycles. The van der Waals surface area contributed by atoms with Gasteiger partial charge in [-0.15, -0.1) is 0 Å². The lowest BCUT2D eigenvalue weighted by Crippen LogP contribution is -2.46. The van der Waals surface area contributed by atoms with Crippen molar-refractivity contribution < 1.29 is 4.79 Å². The Labute approximate surface area is 107 Å². The van der Waals surface area contributed by atoms with Gasteiger partial charge in [0.05, 0.1) is 6.04 Å². The number of nitrogens with one attached hydrogen (secondary N) is 1. The molecule has 1 rings (SSSR count). The predicted molar refractivity (Wildman–Crippen MR) is 69.4 cm³/mol. The van der Waals surface area contributed by atoms with E-state index in [9.17, 15) is 4.79 Å². The summed E-state index contributed by atoms with van der Waals surface area (Å²) in [5.74, 6) is 4.92. The maximum atomic E-state index is 11.5. The van der Waals surface area contributed by atoms with E-state index < -0.39 is 0 Å². The van der Waals surface area contributed by atoms with Crippen molar-refractivity contribution in [2.75, 3.05) is 7.05 Å². The van der Waals surface area contributed by atoms with Gasteiger partial charge >= 0.3 is 0 Å². The average Bonchev–Trinajstić information content (AvgIpc) is 2.35. The second kappa shape index (κ2) is 6.00. The molecule has 0 radical (unpaired) electrons. The molecule has 2 atom stereocenters. The number of nitrogens with zero attached hydrogens (tertiary/aromatic N) is 1. The summed E-state index contributed by atoms with van der Waals surface area (Å²) in [6, 6.07) is 7.40. The van der Waals surface area contributed by atoms with Gasteiger partial charge in [-0.05, 0) is 38.6 Å². The fourth-order valence-corrected chi connectivity index (χ4v) is 1.84. The van der Waals surface area contributed by atoms with E-state index in [4.69, 9.17) is 17.4 Å². The number of rotatable bonds is 4. The van der Waals surface area contributed by atoms with Gasteiger partial charge < -0.3 is 0 Å². The van der Waals surface area contributed by atoms with Crippen LogP contribution in [0.1, 0.15) is 25.5 Å². The van der Waals surface area contributed by atoms with Gasteiger partial charge in [0, 0.05) is 11.1 Å². The summed E-state index contributed by atoms with van der Waals surface area (Å²) in [6.07, 6.45) is 0. The first-order chi connectivity index (χ1) is 7.97. The highest BCUT2D eigenvalue weighted by Gasteiger charge is 2.22. The predicted octanol–water partition coefficient (Wildman–Crippen LogP) is 1.71. The SMILES string of the molecule is CC(C(=O)NN)N(C)C(C)c1cccc(Cl)c1. The van der Waals surface area contributed by atoms with Gasteiger partial charge in [0.15, 0.2) is 0 Å². The molecule has 0 heterocycles. The number of halogens is 1. The molecule has 17 heavy (non-hydrogen) atoms. The maximum Gasteiger partial charge on any atom is 0.250 e.